The van der Waals surface area contributed by atoms with E-state index in [1.54, 1.807) is 12.1 Å². The van der Waals surface area contributed by atoms with Gasteiger partial charge in [-0.2, -0.15) is 0 Å². The summed E-state index contributed by atoms with van der Waals surface area (Å²) in [5, 5.41) is 0.409. The van der Waals surface area contributed by atoms with Crippen molar-refractivity contribution in [2.24, 2.45) is 0 Å². The molecular weight excluding hydrogens is 426 g/mol. The Bertz CT molecular complexity index is 1320. The van der Waals surface area contributed by atoms with Crippen LogP contribution in [-0.4, -0.2) is 36.8 Å². The van der Waals surface area contributed by atoms with Crippen molar-refractivity contribution in [2.45, 2.75) is 45.7 Å². The standard InChI is InChI=1S/C25H27NO5S/c1-16(2)19-7-5-18(6-8-19)14-26(20-10-11-32(29,30)15-20)25(28)24-13-22(27)21-9-4-17(3)12-23(21)31-24/h4-9,12-13,16,20H,10-11,14-15H2,1-3H3/t20-/m1/s1. The highest BCUT2D eigenvalue weighted by molar-refractivity contribution is 7.91. The highest BCUT2D eigenvalue weighted by Crippen LogP contribution is 2.24. The number of fused-ring (bicyclic) bond motifs is 1. The van der Waals surface area contributed by atoms with Crippen LogP contribution in [0.15, 0.2) is 57.7 Å². The van der Waals surface area contributed by atoms with Crippen LogP contribution in [0.3, 0.4) is 0 Å². The van der Waals surface area contributed by atoms with Crippen LogP contribution >= 0.6 is 0 Å². The molecule has 168 valence electrons. The number of benzene rings is 2. The summed E-state index contributed by atoms with van der Waals surface area (Å²) in [5.74, 6) is -0.192. The fraction of sp³-hybridized carbons (Fsp3) is 0.360. The number of hydrogen-bond donors (Lipinski definition) is 0. The quantitative estimate of drug-likeness (QED) is 0.582. The molecule has 0 aliphatic carbocycles. The van der Waals surface area contributed by atoms with Crippen molar-refractivity contribution in [1.29, 1.82) is 0 Å². The smallest absolute Gasteiger partial charge is 0.290 e. The van der Waals surface area contributed by atoms with E-state index < -0.39 is 21.8 Å². The van der Waals surface area contributed by atoms with Crippen LogP contribution in [0, 0.1) is 6.92 Å². The summed E-state index contributed by atoms with van der Waals surface area (Å²) in [7, 11) is -3.20. The lowest BCUT2D eigenvalue weighted by atomic mass is 10.0. The summed E-state index contributed by atoms with van der Waals surface area (Å²) in [6.07, 6.45) is 0.370. The molecule has 2 aromatic carbocycles. The average Bonchev–Trinajstić information content (AvgIpc) is 3.10. The second-order valence-corrected chi connectivity index (χ2v) is 11.1. The molecule has 1 aromatic heterocycles. The molecule has 0 radical (unpaired) electrons. The first-order chi connectivity index (χ1) is 15.1. The number of aryl methyl sites for hydroxylation is 1. The van der Waals surface area contributed by atoms with Gasteiger partial charge in [-0.1, -0.05) is 44.2 Å². The minimum absolute atomic E-state index is 0.0502. The summed E-state index contributed by atoms with van der Waals surface area (Å²) < 4.78 is 30.1. The van der Waals surface area contributed by atoms with Gasteiger partial charge in [-0.25, -0.2) is 8.42 Å². The Labute approximate surface area is 187 Å². The first-order valence-corrected chi connectivity index (χ1v) is 12.6. The van der Waals surface area contributed by atoms with Gasteiger partial charge in [-0.15, -0.1) is 0 Å². The molecule has 1 saturated heterocycles. The van der Waals surface area contributed by atoms with Crippen molar-refractivity contribution in [3.05, 3.63) is 81.2 Å². The summed E-state index contributed by atoms with van der Waals surface area (Å²) in [6, 6.07) is 13.9. The van der Waals surface area contributed by atoms with Crippen LogP contribution < -0.4 is 5.43 Å². The second kappa shape index (κ2) is 8.54. The van der Waals surface area contributed by atoms with Gasteiger partial charge in [-0.3, -0.25) is 9.59 Å². The Balaban J connectivity index is 1.71. The number of carbonyl (C=O) groups excluding carboxylic acids is 1. The zero-order valence-electron chi connectivity index (χ0n) is 18.5. The monoisotopic (exact) mass is 453 g/mol. The van der Waals surface area contributed by atoms with Crippen LogP contribution in [0.5, 0.6) is 0 Å². The molecule has 1 atom stereocenters. The SMILES string of the molecule is Cc1ccc2c(=O)cc(C(=O)N(Cc3ccc(C(C)C)cc3)[C@@H]3CCS(=O)(=O)C3)oc2c1. The Morgan fingerprint density at radius 2 is 1.84 bits per heavy atom. The summed E-state index contributed by atoms with van der Waals surface area (Å²) in [5.41, 5.74) is 3.04. The molecule has 3 aromatic rings. The number of amides is 1. The highest BCUT2D eigenvalue weighted by Gasteiger charge is 2.36. The zero-order chi connectivity index (χ0) is 23.0. The fourth-order valence-corrected chi connectivity index (χ4v) is 5.83. The highest BCUT2D eigenvalue weighted by atomic mass is 32.2. The normalized spacial score (nSPS) is 17.7. The number of hydrogen-bond acceptors (Lipinski definition) is 5. The molecule has 0 bridgehead atoms. The third kappa shape index (κ3) is 4.63. The van der Waals surface area contributed by atoms with E-state index in [4.69, 9.17) is 4.42 Å². The maximum Gasteiger partial charge on any atom is 0.290 e. The molecule has 0 N–H and O–H groups in total. The van der Waals surface area contributed by atoms with Crippen molar-refractivity contribution in [1.82, 2.24) is 4.90 Å². The molecule has 7 heteroatoms. The van der Waals surface area contributed by atoms with Gasteiger partial charge in [0.25, 0.3) is 5.91 Å². The van der Waals surface area contributed by atoms with Gasteiger partial charge in [0.1, 0.15) is 5.58 Å². The Morgan fingerprint density at radius 1 is 1.12 bits per heavy atom. The van der Waals surface area contributed by atoms with Crippen molar-refractivity contribution >= 4 is 26.7 Å². The van der Waals surface area contributed by atoms with E-state index in [1.165, 1.54) is 16.5 Å². The molecule has 0 saturated carbocycles. The van der Waals surface area contributed by atoms with Crippen LogP contribution in [0.2, 0.25) is 0 Å². The maximum absolute atomic E-state index is 13.5. The molecule has 1 fully saturated rings. The van der Waals surface area contributed by atoms with Gasteiger partial charge in [0.05, 0.1) is 16.9 Å². The van der Waals surface area contributed by atoms with E-state index in [9.17, 15) is 18.0 Å². The van der Waals surface area contributed by atoms with Gasteiger partial charge in [0.15, 0.2) is 21.0 Å². The van der Waals surface area contributed by atoms with Gasteiger partial charge in [-0.05, 0) is 48.1 Å². The number of carbonyl (C=O) groups is 1. The number of nitrogens with zero attached hydrogens (tertiary/aromatic N) is 1. The Hall–Kier alpha value is -2.93. The van der Waals surface area contributed by atoms with Crippen molar-refractivity contribution in [3.8, 4) is 0 Å². The van der Waals surface area contributed by atoms with Crippen LogP contribution in [0.25, 0.3) is 11.0 Å². The lowest BCUT2D eigenvalue weighted by molar-refractivity contribution is 0.0648. The molecule has 2 heterocycles. The summed E-state index contributed by atoms with van der Waals surface area (Å²) in [4.78, 5) is 27.6. The average molecular weight is 454 g/mol. The molecule has 4 rings (SSSR count). The molecule has 1 amide bonds. The molecule has 0 unspecified atom stereocenters. The zero-order valence-corrected chi connectivity index (χ0v) is 19.3. The topological polar surface area (TPSA) is 84.7 Å². The molecule has 1 aliphatic heterocycles. The lowest BCUT2D eigenvalue weighted by Crippen LogP contribution is -2.40. The molecular formula is C25H27NO5S. The molecule has 0 spiro atoms. The largest absolute Gasteiger partial charge is 0.451 e. The molecule has 32 heavy (non-hydrogen) atoms. The first-order valence-electron chi connectivity index (χ1n) is 10.8. The minimum Gasteiger partial charge on any atom is -0.451 e. The first kappa shape index (κ1) is 22.3. The fourth-order valence-electron chi connectivity index (χ4n) is 4.10. The number of rotatable bonds is 5. The van der Waals surface area contributed by atoms with Crippen LogP contribution in [0.1, 0.15) is 53.4 Å². The second-order valence-electron chi connectivity index (χ2n) is 8.86. The lowest BCUT2D eigenvalue weighted by Gasteiger charge is -2.28. The van der Waals surface area contributed by atoms with Crippen molar-refractivity contribution in [2.75, 3.05) is 11.5 Å². The van der Waals surface area contributed by atoms with Gasteiger partial charge in [0, 0.05) is 18.7 Å². The Morgan fingerprint density at radius 3 is 2.47 bits per heavy atom. The van der Waals surface area contributed by atoms with Gasteiger partial charge in [0.2, 0.25) is 0 Å². The predicted octanol–water partition coefficient (Wildman–Crippen LogP) is 4.05. The predicted molar refractivity (Wildman–Crippen MR) is 125 cm³/mol. The molecule has 6 nitrogen and oxygen atoms in total. The third-order valence-electron chi connectivity index (χ3n) is 6.00. The van der Waals surface area contributed by atoms with E-state index in [1.807, 2.05) is 37.3 Å². The third-order valence-corrected chi connectivity index (χ3v) is 7.76. The minimum atomic E-state index is -3.20. The summed E-state index contributed by atoms with van der Waals surface area (Å²) in [6.45, 7) is 6.34. The van der Waals surface area contributed by atoms with Crippen LogP contribution in [-0.2, 0) is 16.4 Å². The summed E-state index contributed by atoms with van der Waals surface area (Å²) >= 11 is 0. The van der Waals surface area contributed by atoms with E-state index in [-0.39, 0.29) is 29.2 Å². The molecule has 1 aliphatic rings. The van der Waals surface area contributed by atoms with E-state index in [0.29, 0.717) is 23.3 Å². The van der Waals surface area contributed by atoms with Crippen molar-refractivity contribution in [3.63, 3.8) is 0 Å². The van der Waals surface area contributed by atoms with Gasteiger partial charge >= 0.3 is 0 Å². The van der Waals surface area contributed by atoms with Crippen LogP contribution in [0.4, 0.5) is 0 Å². The maximum atomic E-state index is 13.5. The number of sulfone groups is 1. The van der Waals surface area contributed by atoms with E-state index in [2.05, 4.69) is 13.8 Å². The van der Waals surface area contributed by atoms with E-state index >= 15 is 0 Å². The Kier molecular flexibility index (Phi) is 5.95. The van der Waals surface area contributed by atoms with Gasteiger partial charge < -0.3 is 9.32 Å². The van der Waals surface area contributed by atoms with Crippen molar-refractivity contribution < 1.29 is 17.6 Å². The van der Waals surface area contributed by atoms with E-state index in [0.717, 1.165) is 11.1 Å².